The zero-order valence-electron chi connectivity index (χ0n) is 17.6. The van der Waals surface area contributed by atoms with E-state index in [2.05, 4.69) is 5.32 Å². The molecule has 0 unspecified atom stereocenters. The molecular formula is C23H25NO6S. The summed E-state index contributed by atoms with van der Waals surface area (Å²) in [5.41, 5.74) is 1.67. The molecule has 2 N–H and O–H groups in total. The number of carboxylic acid groups (broad SMARTS) is 1. The number of ether oxygens (including phenoxy) is 2. The second-order valence-electron chi connectivity index (χ2n) is 7.52. The van der Waals surface area contributed by atoms with Crippen molar-refractivity contribution in [3.05, 3.63) is 47.4 Å². The number of carbonyl (C=O) groups excluding carboxylic acids is 2. The molecule has 2 atom stereocenters. The first-order valence-corrected chi connectivity index (χ1v) is 10.8. The molecule has 0 saturated heterocycles. The summed E-state index contributed by atoms with van der Waals surface area (Å²) in [4.78, 5) is 37.4. The molecule has 3 rings (SSSR count). The van der Waals surface area contributed by atoms with Gasteiger partial charge in [0.2, 0.25) is 5.91 Å². The highest BCUT2D eigenvalue weighted by Crippen LogP contribution is 2.38. The van der Waals surface area contributed by atoms with Gasteiger partial charge in [-0.3, -0.25) is 9.59 Å². The van der Waals surface area contributed by atoms with Gasteiger partial charge < -0.3 is 19.9 Å². The molecular weight excluding hydrogens is 418 g/mol. The van der Waals surface area contributed by atoms with Crippen molar-refractivity contribution in [2.45, 2.75) is 32.8 Å². The number of amides is 1. The largest absolute Gasteiger partial charge is 0.497 e. The maximum atomic E-state index is 12.9. The fourth-order valence-corrected chi connectivity index (χ4v) is 4.45. The number of carbonyl (C=O) groups is 3. The zero-order chi connectivity index (χ0) is 22.5. The molecule has 2 aromatic rings. The molecule has 0 fully saturated rings. The number of methoxy groups -OCH3 is 1. The summed E-state index contributed by atoms with van der Waals surface area (Å²) in [6.45, 7) is 3.50. The third kappa shape index (κ3) is 5.14. The molecule has 0 radical (unpaired) electrons. The van der Waals surface area contributed by atoms with Gasteiger partial charge in [0.05, 0.1) is 25.0 Å². The SMILES string of the molecule is COc1ccc(-c2csc(NC(=O)[C@@H]3CC=CC[C@H]3C(=O)O)c2C(=O)OC(C)C)cc1. The molecule has 1 amide bonds. The van der Waals surface area contributed by atoms with Crippen molar-refractivity contribution in [2.24, 2.45) is 11.8 Å². The van der Waals surface area contributed by atoms with Crippen LogP contribution in [0.2, 0.25) is 0 Å². The number of rotatable bonds is 7. The van der Waals surface area contributed by atoms with E-state index in [0.717, 1.165) is 5.56 Å². The average Bonchev–Trinajstić information content (AvgIpc) is 3.16. The highest BCUT2D eigenvalue weighted by atomic mass is 32.1. The van der Waals surface area contributed by atoms with Gasteiger partial charge in [0, 0.05) is 10.9 Å². The van der Waals surface area contributed by atoms with E-state index in [-0.39, 0.29) is 11.7 Å². The number of allylic oxidation sites excluding steroid dienone is 2. The highest BCUT2D eigenvalue weighted by molar-refractivity contribution is 7.15. The lowest BCUT2D eigenvalue weighted by atomic mass is 9.82. The van der Waals surface area contributed by atoms with E-state index in [1.165, 1.54) is 11.3 Å². The molecule has 0 spiro atoms. The maximum Gasteiger partial charge on any atom is 0.342 e. The number of nitrogens with one attached hydrogen (secondary N) is 1. The molecule has 0 bridgehead atoms. The lowest BCUT2D eigenvalue weighted by Crippen LogP contribution is -2.34. The minimum Gasteiger partial charge on any atom is -0.497 e. The lowest BCUT2D eigenvalue weighted by molar-refractivity contribution is -0.146. The van der Waals surface area contributed by atoms with Crippen LogP contribution in [0.3, 0.4) is 0 Å². The van der Waals surface area contributed by atoms with Crippen molar-refractivity contribution in [3.8, 4) is 16.9 Å². The predicted octanol–water partition coefficient (Wildman–Crippen LogP) is 4.59. The zero-order valence-corrected chi connectivity index (χ0v) is 18.4. The van der Waals surface area contributed by atoms with Gasteiger partial charge in [0.15, 0.2) is 0 Å². The second-order valence-corrected chi connectivity index (χ2v) is 8.40. The molecule has 0 aliphatic heterocycles. The van der Waals surface area contributed by atoms with E-state index in [0.29, 0.717) is 29.2 Å². The van der Waals surface area contributed by atoms with Gasteiger partial charge in [-0.25, -0.2) is 4.79 Å². The van der Waals surface area contributed by atoms with Crippen LogP contribution in [0.25, 0.3) is 11.1 Å². The van der Waals surface area contributed by atoms with Crippen LogP contribution < -0.4 is 10.1 Å². The van der Waals surface area contributed by atoms with E-state index >= 15 is 0 Å². The van der Waals surface area contributed by atoms with Gasteiger partial charge in [-0.2, -0.15) is 0 Å². The van der Waals surface area contributed by atoms with Crippen molar-refractivity contribution in [3.63, 3.8) is 0 Å². The summed E-state index contributed by atoms with van der Waals surface area (Å²) in [6.07, 6.45) is 3.90. The van der Waals surface area contributed by atoms with Crippen LogP contribution in [-0.2, 0) is 14.3 Å². The van der Waals surface area contributed by atoms with Crippen molar-refractivity contribution < 1.29 is 29.0 Å². The third-order valence-electron chi connectivity index (χ3n) is 5.06. The summed E-state index contributed by atoms with van der Waals surface area (Å²) < 4.78 is 10.6. The standard InChI is InChI=1S/C23H25NO6S/c1-13(2)30-23(28)19-18(14-8-10-15(29-3)11-9-14)12-31-21(19)24-20(25)16-6-4-5-7-17(16)22(26)27/h4-5,8-13,16-17H,6-7H2,1-3H3,(H,24,25)(H,26,27)/t16-,17-/m1/s1. The normalized spacial score (nSPS) is 17.9. The van der Waals surface area contributed by atoms with Gasteiger partial charge in [-0.05, 0) is 44.4 Å². The summed E-state index contributed by atoms with van der Waals surface area (Å²) >= 11 is 1.21. The van der Waals surface area contributed by atoms with Crippen LogP contribution in [0.5, 0.6) is 5.75 Å². The molecule has 1 aromatic carbocycles. The first-order valence-electron chi connectivity index (χ1n) is 9.97. The van der Waals surface area contributed by atoms with Crippen LogP contribution in [0.4, 0.5) is 5.00 Å². The quantitative estimate of drug-likeness (QED) is 0.479. The number of thiophene rings is 1. The predicted molar refractivity (Wildman–Crippen MR) is 118 cm³/mol. The van der Waals surface area contributed by atoms with Crippen molar-refractivity contribution in [2.75, 3.05) is 12.4 Å². The van der Waals surface area contributed by atoms with Crippen molar-refractivity contribution >= 4 is 34.2 Å². The Morgan fingerprint density at radius 3 is 2.32 bits per heavy atom. The third-order valence-corrected chi connectivity index (χ3v) is 5.96. The Balaban J connectivity index is 1.94. The number of aliphatic carboxylic acids is 1. The van der Waals surface area contributed by atoms with Gasteiger partial charge in [0.1, 0.15) is 16.3 Å². The van der Waals surface area contributed by atoms with E-state index in [1.807, 2.05) is 18.2 Å². The number of carboxylic acids is 1. The molecule has 164 valence electrons. The molecule has 1 aliphatic rings. The summed E-state index contributed by atoms with van der Waals surface area (Å²) in [5.74, 6) is -2.79. The van der Waals surface area contributed by atoms with Gasteiger partial charge >= 0.3 is 11.9 Å². The topological polar surface area (TPSA) is 102 Å². The van der Waals surface area contributed by atoms with Crippen LogP contribution >= 0.6 is 11.3 Å². The van der Waals surface area contributed by atoms with Crippen molar-refractivity contribution in [1.29, 1.82) is 0 Å². The number of hydrogen-bond acceptors (Lipinski definition) is 6. The lowest BCUT2D eigenvalue weighted by Gasteiger charge is -2.24. The molecule has 8 heteroatoms. The minimum absolute atomic E-state index is 0.260. The Morgan fingerprint density at radius 1 is 1.10 bits per heavy atom. The Morgan fingerprint density at radius 2 is 1.74 bits per heavy atom. The Hall–Kier alpha value is -3.13. The van der Waals surface area contributed by atoms with Crippen LogP contribution in [0.15, 0.2) is 41.8 Å². The van der Waals surface area contributed by atoms with Gasteiger partial charge in [-0.1, -0.05) is 24.3 Å². The highest BCUT2D eigenvalue weighted by Gasteiger charge is 2.35. The Kier molecular flexibility index (Phi) is 7.12. The molecule has 31 heavy (non-hydrogen) atoms. The van der Waals surface area contributed by atoms with Gasteiger partial charge in [0.25, 0.3) is 0 Å². The van der Waals surface area contributed by atoms with Crippen LogP contribution in [0, 0.1) is 11.8 Å². The second kappa shape index (κ2) is 9.78. The first-order chi connectivity index (χ1) is 14.8. The van der Waals surface area contributed by atoms with Crippen LogP contribution in [-0.4, -0.2) is 36.2 Å². The molecule has 1 aliphatic carbocycles. The fraction of sp³-hybridized carbons (Fsp3) is 0.348. The fourth-order valence-electron chi connectivity index (χ4n) is 3.49. The Labute approximate surface area is 184 Å². The maximum absolute atomic E-state index is 12.9. The van der Waals surface area contributed by atoms with Crippen molar-refractivity contribution in [1.82, 2.24) is 0 Å². The monoisotopic (exact) mass is 443 g/mol. The smallest absolute Gasteiger partial charge is 0.342 e. The summed E-state index contributed by atoms with van der Waals surface area (Å²) in [5, 5.41) is 14.4. The molecule has 1 heterocycles. The molecule has 7 nitrogen and oxygen atoms in total. The van der Waals surface area contributed by atoms with E-state index in [1.54, 1.807) is 44.5 Å². The number of anilines is 1. The molecule has 1 aromatic heterocycles. The van der Waals surface area contributed by atoms with E-state index in [9.17, 15) is 19.5 Å². The average molecular weight is 444 g/mol. The number of esters is 1. The van der Waals surface area contributed by atoms with E-state index in [4.69, 9.17) is 9.47 Å². The number of benzene rings is 1. The van der Waals surface area contributed by atoms with E-state index < -0.39 is 29.7 Å². The van der Waals surface area contributed by atoms with Gasteiger partial charge in [-0.15, -0.1) is 11.3 Å². The summed E-state index contributed by atoms with van der Waals surface area (Å²) in [6, 6.07) is 7.22. The minimum atomic E-state index is -1.01. The number of hydrogen-bond donors (Lipinski definition) is 2. The van der Waals surface area contributed by atoms with Crippen LogP contribution in [0.1, 0.15) is 37.0 Å². The first kappa shape index (κ1) is 22.6. The Bertz CT molecular complexity index is 992. The summed E-state index contributed by atoms with van der Waals surface area (Å²) in [7, 11) is 1.57. The molecule has 0 saturated carbocycles.